The average molecular weight is 209 g/mol. The van der Waals surface area contributed by atoms with Gasteiger partial charge in [-0.25, -0.2) is 0 Å². The Morgan fingerprint density at radius 3 is 3.13 bits per heavy atom. The van der Waals surface area contributed by atoms with Crippen LogP contribution in [0.15, 0.2) is 12.4 Å². The van der Waals surface area contributed by atoms with Gasteiger partial charge in [0, 0.05) is 37.5 Å². The van der Waals surface area contributed by atoms with E-state index in [-0.39, 0.29) is 5.54 Å². The lowest BCUT2D eigenvalue weighted by Crippen LogP contribution is -2.48. The molecule has 84 valence electrons. The first kappa shape index (κ1) is 10.6. The SMILES string of the molecule is Cn1cc(CNC2(C)CCCOC2)cn1. The number of nitrogens with one attached hydrogen (secondary N) is 1. The molecular formula is C11H19N3O. The molecule has 0 bridgehead atoms. The predicted molar refractivity (Wildman–Crippen MR) is 58.5 cm³/mol. The number of aromatic nitrogens is 2. The van der Waals surface area contributed by atoms with Crippen LogP contribution in [0.2, 0.25) is 0 Å². The van der Waals surface area contributed by atoms with Crippen molar-refractivity contribution < 1.29 is 4.74 Å². The van der Waals surface area contributed by atoms with Gasteiger partial charge < -0.3 is 10.1 Å². The molecule has 1 atom stereocenters. The zero-order chi connectivity index (χ0) is 10.7. The minimum absolute atomic E-state index is 0.133. The van der Waals surface area contributed by atoms with Crippen molar-refractivity contribution in [3.8, 4) is 0 Å². The molecule has 1 aromatic rings. The summed E-state index contributed by atoms with van der Waals surface area (Å²) in [7, 11) is 1.94. The summed E-state index contributed by atoms with van der Waals surface area (Å²) < 4.78 is 7.33. The highest BCUT2D eigenvalue weighted by molar-refractivity contribution is 5.04. The Morgan fingerprint density at radius 2 is 2.53 bits per heavy atom. The summed E-state index contributed by atoms with van der Waals surface area (Å²) in [6.07, 6.45) is 6.28. The molecule has 0 amide bonds. The monoisotopic (exact) mass is 209 g/mol. The molecule has 1 unspecified atom stereocenters. The predicted octanol–water partition coefficient (Wildman–Crippen LogP) is 1.08. The third kappa shape index (κ3) is 2.79. The van der Waals surface area contributed by atoms with Gasteiger partial charge in [0.1, 0.15) is 0 Å². The summed E-state index contributed by atoms with van der Waals surface area (Å²) in [6.45, 7) is 4.81. The van der Waals surface area contributed by atoms with Gasteiger partial charge >= 0.3 is 0 Å². The topological polar surface area (TPSA) is 39.1 Å². The van der Waals surface area contributed by atoms with Crippen LogP contribution in [0, 0.1) is 0 Å². The fraction of sp³-hybridized carbons (Fsp3) is 0.727. The van der Waals surface area contributed by atoms with Gasteiger partial charge in [0.2, 0.25) is 0 Å². The molecule has 1 saturated heterocycles. The van der Waals surface area contributed by atoms with E-state index in [9.17, 15) is 0 Å². The zero-order valence-corrected chi connectivity index (χ0v) is 9.49. The van der Waals surface area contributed by atoms with Crippen molar-refractivity contribution in [2.24, 2.45) is 7.05 Å². The molecule has 4 heteroatoms. The third-order valence-corrected chi connectivity index (χ3v) is 2.92. The molecular weight excluding hydrogens is 190 g/mol. The van der Waals surface area contributed by atoms with Gasteiger partial charge in [-0.1, -0.05) is 0 Å². The van der Waals surface area contributed by atoms with E-state index >= 15 is 0 Å². The Hall–Kier alpha value is -0.870. The number of aryl methyl sites for hydroxylation is 1. The molecule has 0 spiro atoms. The van der Waals surface area contributed by atoms with Gasteiger partial charge in [-0.15, -0.1) is 0 Å². The van der Waals surface area contributed by atoms with Crippen LogP contribution in [0.3, 0.4) is 0 Å². The summed E-state index contributed by atoms with van der Waals surface area (Å²) in [5.74, 6) is 0. The highest BCUT2D eigenvalue weighted by Gasteiger charge is 2.26. The molecule has 1 N–H and O–H groups in total. The summed E-state index contributed by atoms with van der Waals surface area (Å²) in [4.78, 5) is 0. The van der Waals surface area contributed by atoms with Crippen molar-refractivity contribution in [2.75, 3.05) is 13.2 Å². The van der Waals surface area contributed by atoms with Crippen LogP contribution >= 0.6 is 0 Å². The first-order chi connectivity index (χ1) is 7.18. The van der Waals surface area contributed by atoms with E-state index in [0.717, 1.165) is 26.2 Å². The van der Waals surface area contributed by atoms with E-state index < -0.39 is 0 Å². The molecule has 4 nitrogen and oxygen atoms in total. The van der Waals surface area contributed by atoms with E-state index in [1.54, 1.807) is 0 Å². The molecule has 1 aliphatic rings. The summed E-state index contributed by atoms with van der Waals surface area (Å²) >= 11 is 0. The Labute approximate surface area is 90.6 Å². The van der Waals surface area contributed by atoms with Gasteiger partial charge in [-0.05, 0) is 19.8 Å². The fourth-order valence-electron chi connectivity index (χ4n) is 1.95. The molecule has 0 saturated carbocycles. The smallest absolute Gasteiger partial charge is 0.0645 e. The average Bonchev–Trinajstić information content (AvgIpc) is 2.63. The van der Waals surface area contributed by atoms with Crippen LogP contribution in [0.4, 0.5) is 0 Å². The lowest BCUT2D eigenvalue weighted by molar-refractivity contribution is 0.0278. The minimum Gasteiger partial charge on any atom is -0.380 e. The van der Waals surface area contributed by atoms with Gasteiger partial charge in [-0.2, -0.15) is 5.10 Å². The molecule has 0 aliphatic carbocycles. The van der Waals surface area contributed by atoms with Crippen LogP contribution in [-0.2, 0) is 18.3 Å². The van der Waals surface area contributed by atoms with Crippen molar-refractivity contribution in [1.82, 2.24) is 15.1 Å². The Kier molecular flexibility index (Phi) is 3.07. The molecule has 15 heavy (non-hydrogen) atoms. The van der Waals surface area contributed by atoms with Crippen molar-refractivity contribution >= 4 is 0 Å². The molecule has 1 aromatic heterocycles. The molecule has 1 fully saturated rings. The van der Waals surface area contributed by atoms with Crippen molar-refractivity contribution in [1.29, 1.82) is 0 Å². The van der Waals surface area contributed by atoms with Crippen LogP contribution < -0.4 is 5.32 Å². The van der Waals surface area contributed by atoms with E-state index in [2.05, 4.69) is 17.3 Å². The Balaban J connectivity index is 1.86. The molecule has 0 radical (unpaired) electrons. The number of hydrogen-bond acceptors (Lipinski definition) is 3. The quantitative estimate of drug-likeness (QED) is 0.809. The first-order valence-electron chi connectivity index (χ1n) is 5.48. The highest BCUT2D eigenvalue weighted by Crippen LogP contribution is 2.18. The molecule has 2 rings (SSSR count). The Bertz CT molecular complexity index is 315. The molecule has 1 aliphatic heterocycles. The van der Waals surface area contributed by atoms with Crippen molar-refractivity contribution in [3.05, 3.63) is 18.0 Å². The molecule has 0 aromatic carbocycles. The molecule has 2 heterocycles. The number of ether oxygens (including phenoxy) is 1. The van der Waals surface area contributed by atoms with Crippen LogP contribution in [0.5, 0.6) is 0 Å². The lowest BCUT2D eigenvalue weighted by atomic mass is 9.95. The maximum absolute atomic E-state index is 5.50. The van der Waals surface area contributed by atoms with Gasteiger partial charge in [-0.3, -0.25) is 4.68 Å². The van der Waals surface area contributed by atoms with E-state index in [1.165, 1.54) is 12.0 Å². The summed E-state index contributed by atoms with van der Waals surface area (Å²) in [6, 6.07) is 0. The Morgan fingerprint density at radius 1 is 1.67 bits per heavy atom. The number of hydrogen-bond donors (Lipinski definition) is 1. The third-order valence-electron chi connectivity index (χ3n) is 2.92. The van der Waals surface area contributed by atoms with Crippen LogP contribution in [0.1, 0.15) is 25.3 Å². The summed E-state index contributed by atoms with van der Waals surface area (Å²) in [5, 5.41) is 7.70. The normalized spacial score (nSPS) is 26.8. The van der Waals surface area contributed by atoms with Crippen LogP contribution in [-0.4, -0.2) is 28.5 Å². The van der Waals surface area contributed by atoms with Crippen molar-refractivity contribution in [3.63, 3.8) is 0 Å². The van der Waals surface area contributed by atoms with E-state index in [4.69, 9.17) is 4.74 Å². The second-order valence-corrected chi connectivity index (χ2v) is 4.59. The second kappa shape index (κ2) is 4.33. The van der Waals surface area contributed by atoms with Gasteiger partial charge in [0.05, 0.1) is 12.8 Å². The summed E-state index contributed by atoms with van der Waals surface area (Å²) in [5.41, 5.74) is 1.36. The maximum Gasteiger partial charge on any atom is 0.0645 e. The van der Waals surface area contributed by atoms with Gasteiger partial charge in [0.25, 0.3) is 0 Å². The van der Waals surface area contributed by atoms with Gasteiger partial charge in [0.15, 0.2) is 0 Å². The first-order valence-corrected chi connectivity index (χ1v) is 5.48. The van der Waals surface area contributed by atoms with E-state index in [0.29, 0.717) is 0 Å². The lowest BCUT2D eigenvalue weighted by Gasteiger charge is -2.34. The van der Waals surface area contributed by atoms with Crippen molar-refractivity contribution in [2.45, 2.75) is 31.8 Å². The fourth-order valence-corrected chi connectivity index (χ4v) is 1.95. The second-order valence-electron chi connectivity index (χ2n) is 4.59. The number of nitrogens with zero attached hydrogens (tertiary/aromatic N) is 2. The highest BCUT2D eigenvalue weighted by atomic mass is 16.5. The minimum atomic E-state index is 0.133. The zero-order valence-electron chi connectivity index (χ0n) is 9.49. The standard InChI is InChI=1S/C11H19N3O/c1-11(4-3-5-15-9-11)12-6-10-7-13-14(2)8-10/h7-8,12H,3-6,9H2,1-2H3. The van der Waals surface area contributed by atoms with Crippen LogP contribution in [0.25, 0.3) is 0 Å². The van der Waals surface area contributed by atoms with E-state index in [1.807, 2.05) is 24.1 Å². The maximum atomic E-state index is 5.50. The largest absolute Gasteiger partial charge is 0.380 e. The number of rotatable bonds is 3.